The fourth-order valence-corrected chi connectivity index (χ4v) is 4.46. The average Bonchev–Trinajstić information content (AvgIpc) is 3.19. The van der Waals surface area contributed by atoms with Gasteiger partial charge in [-0.1, -0.05) is 23.5 Å². The first-order valence-electron chi connectivity index (χ1n) is 10.2. The Labute approximate surface area is 194 Å². The molecule has 174 valence electrons. The molecule has 0 radical (unpaired) electrons. The number of aliphatic hydroxyl groups is 1. The maximum Gasteiger partial charge on any atom is 0.314 e. The number of Topliss-reactive ketones (excluding diaryl/α,β-unsaturated/α-hetero) is 1. The van der Waals surface area contributed by atoms with Crippen LogP contribution in [0.5, 0.6) is 0 Å². The third kappa shape index (κ3) is 5.32. The van der Waals surface area contributed by atoms with E-state index in [1.54, 1.807) is 32.9 Å². The molecular formula is C22H25FN5O4S+. The molecule has 9 nitrogen and oxygen atoms in total. The van der Waals surface area contributed by atoms with Gasteiger partial charge in [-0.05, 0) is 38.5 Å². The van der Waals surface area contributed by atoms with Crippen LogP contribution in [-0.2, 0) is 20.8 Å². The summed E-state index contributed by atoms with van der Waals surface area (Å²) in [5.74, 6) is -2.67. The van der Waals surface area contributed by atoms with Gasteiger partial charge in [0.25, 0.3) is 0 Å². The van der Waals surface area contributed by atoms with Crippen molar-refractivity contribution in [2.75, 3.05) is 6.54 Å². The molecule has 2 heterocycles. The Morgan fingerprint density at radius 3 is 2.52 bits per heavy atom. The Kier molecular flexibility index (Phi) is 7.04. The molecule has 0 fully saturated rings. The van der Waals surface area contributed by atoms with E-state index in [0.29, 0.717) is 16.4 Å². The average molecular weight is 475 g/mol. The fraction of sp³-hybridized carbons (Fsp3) is 0.318. The van der Waals surface area contributed by atoms with E-state index in [2.05, 4.69) is 15.5 Å². The molecule has 0 unspecified atom stereocenters. The maximum atomic E-state index is 13.1. The SMILES string of the molecule is CCN(C(=O)C1=C(O)C(=O)C(c2nnc(Cc3ccc(F)cc3)s2)=C[NH2+]1)C(C)(C)NC(C)=O. The van der Waals surface area contributed by atoms with Crippen molar-refractivity contribution in [1.82, 2.24) is 20.4 Å². The maximum absolute atomic E-state index is 13.1. The molecule has 2 aromatic rings. The number of nitrogens with one attached hydrogen (secondary N) is 1. The lowest BCUT2D eigenvalue weighted by molar-refractivity contribution is -0.531. The number of ketones is 1. The molecule has 1 aliphatic rings. The Hall–Kier alpha value is -3.44. The van der Waals surface area contributed by atoms with Crippen LogP contribution >= 0.6 is 11.3 Å². The Bertz CT molecular complexity index is 1150. The molecule has 1 aromatic carbocycles. The van der Waals surface area contributed by atoms with Crippen LogP contribution in [-0.4, -0.2) is 50.0 Å². The number of nitrogens with zero attached hydrogens (tertiary/aromatic N) is 3. The molecule has 0 saturated heterocycles. The van der Waals surface area contributed by atoms with Gasteiger partial charge in [0.2, 0.25) is 23.1 Å². The van der Waals surface area contributed by atoms with E-state index in [-0.39, 0.29) is 29.5 Å². The molecule has 1 aromatic heterocycles. The molecule has 0 atom stereocenters. The number of aromatic nitrogens is 2. The molecule has 0 spiro atoms. The van der Waals surface area contributed by atoms with Crippen LogP contribution in [0, 0.1) is 5.82 Å². The monoisotopic (exact) mass is 474 g/mol. The molecule has 1 aliphatic heterocycles. The van der Waals surface area contributed by atoms with Crippen LogP contribution in [0.4, 0.5) is 4.39 Å². The number of halogens is 1. The summed E-state index contributed by atoms with van der Waals surface area (Å²) in [7, 11) is 0. The molecule has 0 bridgehead atoms. The van der Waals surface area contributed by atoms with E-state index < -0.39 is 23.1 Å². The highest BCUT2D eigenvalue weighted by Crippen LogP contribution is 2.25. The first-order chi connectivity index (χ1) is 15.5. The van der Waals surface area contributed by atoms with Crippen LogP contribution in [0.1, 0.15) is 43.3 Å². The number of aliphatic hydroxyl groups excluding tert-OH is 1. The predicted octanol–water partition coefficient (Wildman–Crippen LogP) is 1.25. The quantitative estimate of drug-likeness (QED) is 0.518. The van der Waals surface area contributed by atoms with Gasteiger partial charge in [-0.15, -0.1) is 10.2 Å². The van der Waals surface area contributed by atoms with Gasteiger partial charge < -0.3 is 15.3 Å². The van der Waals surface area contributed by atoms with Crippen LogP contribution in [0.2, 0.25) is 0 Å². The Balaban J connectivity index is 1.79. The first-order valence-corrected chi connectivity index (χ1v) is 11.1. The number of quaternary nitrogens is 1. The van der Waals surface area contributed by atoms with Gasteiger partial charge in [0.1, 0.15) is 28.3 Å². The zero-order valence-electron chi connectivity index (χ0n) is 18.7. The van der Waals surface area contributed by atoms with Crippen LogP contribution in [0.25, 0.3) is 5.57 Å². The van der Waals surface area contributed by atoms with Crippen molar-refractivity contribution in [2.24, 2.45) is 0 Å². The third-order valence-electron chi connectivity index (χ3n) is 5.05. The topological polar surface area (TPSA) is 129 Å². The van der Waals surface area contributed by atoms with E-state index in [0.717, 1.165) is 5.56 Å². The summed E-state index contributed by atoms with van der Waals surface area (Å²) in [5.41, 5.74) is -0.233. The smallest absolute Gasteiger partial charge is 0.314 e. The van der Waals surface area contributed by atoms with Crippen LogP contribution < -0.4 is 10.6 Å². The molecule has 2 amide bonds. The third-order valence-corrected chi connectivity index (χ3v) is 6.00. The van der Waals surface area contributed by atoms with Gasteiger partial charge in [0.15, 0.2) is 5.01 Å². The second-order valence-electron chi connectivity index (χ2n) is 7.93. The lowest BCUT2D eigenvalue weighted by Crippen LogP contribution is -2.81. The number of amides is 2. The molecular weight excluding hydrogens is 449 g/mol. The minimum atomic E-state index is -1.03. The largest absolute Gasteiger partial charge is 0.500 e. The summed E-state index contributed by atoms with van der Waals surface area (Å²) < 4.78 is 13.1. The van der Waals surface area contributed by atoms with Gasteiger partial charge in [-0.25, -0.2) is 4.39 Å². The molecule has 11 heteroatoms. The highest BCUT2D eigenvalue weighted by atomic mass is 32.1. The number of hydrogen-bond acceptors (Lipinski definition) is 7. The lowest BCUT2D eigenvalue weighted by atomic mass is 10.1. The van der Waals surface area contributed by atoms with Crippen molar-refractivity contribution in [2.45, 2.75) is 39.8 Å². The highest BCUT2D eigenvalue weighted by Gasteiger charge is 2.39. The number of carbonyl (C=O) groups excluding carboxylic acids is 3. The van der Waals surface area contributed by atoms with E-state index in [1.165, 1.54) is 46.8 Å². The Morgan fingerprint density at radius 1 is 1.24 bits per heavy atom. The lowest BCUT2D eigenvalue weighted by Gasteiger charge is -2.38. The zero-order chi connectivity index (χ0) is 24.3. The standard InChI is InChI=1S/C22H24FN5O4S/c1-5-28(22(3,4)25-12(2)29)21(32)17-19(31)18(30)15(11-24-17)20-27-26-16(33-20)10-13-6-8-14(23)9-7-13/h6-9,11,31H,5,10H2,1-4H3,(H,24,30)(H,25,29)/p+1. The molecule has 4 N–H and O–H groups in total. The van der Waals surface area contributed by atoms with Gasteiger partial charge >= 0.3 is 5.91 Å². The molecule has 0 aliphatic carbocycles. The molecule has 3 rings (SSSR count). The molecule has 33 heavy (non-hydrogen) atoms. The summed E-state index contributed by atoms with van der Waals surface area (Å²) in [5, 5.41) is 23.6. The van der Waals surface area contributed by atoms with Gasteiger partial charge in [-0.3, -0.25) is 19.7 Å². The number of nitrogens with two attached hydrogens (primary N) is 1. The highest BCUT2D eigenvalue weighted by molar-refractivity contribution is 7.12. The van der Waals surface area contributed by atoms with Gasteiger partial charge in [0, 0.05) is 19.9 Å². The van der Waals surface area contributed by atoms with E-state index >= 15 is 0 Å². The number of rotatable bonds is 7. The van der Waals surface area contributed by atoms with Crippen molar-refractivity contribution >= 4 is 34.5 Å². The number of benzene rings is 1. The van der Waals surface area contributed by atoms with Crippen molar-refractivity contribution in [3.8, 4) is 0 Å². The van der Waals surface area contributed by atoms with Crippen molar-refractivity contribution in [3.63, 3.8) is 0 Å². The van der Waals surface area contributed by atoms with Crippen molar-refractivity contribution < 1.29 is 29.2 Å². The number of hydrogen-bond donors (Lipinski definition) is 3. The summed E-state index contributed by atoms with van der Waals surface area (Å²) in [6.07, 6.45) is 1.84. The summed E-state index contributed by atoms with van der Waals surface area (Å²) in [4.78, 5) is 38.8. The number of carbonyl (C=O) groups is 3. The second kappa shape index (κ2) is 9.59. The minimum Gasteiger partial charge on any atom is -0.500 e. The summed E-state index contributed by atoms with van der Waals surface area (Å²) in [6.45, 7) is 6.63. The summed E-state index contributed by atoms with van der Waals surface area (Å²) >= 11 is 1.17. The fourth-order valence-electron chi connectivity index (χ4n) is 3.56. The van der Waals surface area contributed by atoms with E-state index in [4.69, 9.17) is 0 Å². The minimum absolute atomic E-state index is 0.121. The predicted molar refractivity (Wildman–Crippen MR) is 119 cm³/mol. The first kappa shape index (κ1) is 24.2. The number of likely N-dealkylation sites (N-methyl/N-ethyl adjacent to an activating group) is 1. The van der Waals surface area contributed by atoms with E-state index in [1.807, 2.05) is 0 Å². The van der Waals surface area contributed by atoms with Crippen LogP contribution in [0.3, 0.4) is 0 Å². The molecule has 0 saturated carbocycles. The normalized spacial score (nSPS) is 14.2. The van der Waals surface area contributed by atoms with Crippen molar-refractivity contribution in [3.05, 3.63) is 63.3 Å². The van der Waals surface area contributed by atoms with E-state index in [9.17, 15) is 23.9 Å². The van der Waals surface area contributed by atoms with Gasteiger partial charge in [0.05, 0.1) is 0 Å². The van der Waals surface area contributed by atoms with Gasteiger partial charge in [-0.2, -0.15) is 0 Å². The van der Waals surface area contributed by atoms with Crippen LogP contribution in [0.15, 0.2) is 41.9 Å². The van der Waals surface area contributed by atoms with Crippen molar-refractivity contribution in [1.29, 1.82) is 0 Å². The summed E-state index contributed by atoms with van der Waals surface area (Å²) in [6, 6.07) is 5.99. The second-order valence-corrected chi connectivity index (χ2v) is 8.99. The Morgan fingerprint density at radius 2 is 1.91 bits per heavy atom. The number of allylic oxidation sites excluding steroid dienone is 1. The zero-order valence-corrected chi connectivity index (χ0v) is 19.5.